The Labute approximate surface area is 162 Å². The van der Waals surface area contributed by atoms with Crippen molar-refractivity contribution in [2.75, 3.05) is 20.7 Å². The van der Waals surface area contributed by atoms with Crippen molar-refractivity contribution in [1.82, 2.24) is 15.6 Å². The van der Waals surface area contributed by atoms with Crippen LogP contribution in [0.3, 0.4) is 0 Å². The van der Waals surface area contributed by atoms with Crippen LogP contribution >= 0.6 is 0 Å². The second-order valence-corrected chi connectivity index (χ2v) is 7.09. The Morgan fingerprint density at radius 2 is 1.89 bits per heavy atom. The summed E-state index contributed by atoms with van der Waals surface area (Å²) in [7, 11) is 3.45. The minimum absolute atomic E-state index is 0.262. The van der Waals surface area contributed by atoms with Gasteiger partial charge in [0, 0.05) is 39.5 Å². The summed E-state index contributed by atoms with van der Waals surface area (Å²) >= 11 is 0. The Hall–Kier alpha value is -2.60. The van der Waals surface area contributed by atoms with Crippen molar-refractivity contribution < 1.29 is 9.47 Å². The van der Waals surface area contributed by atoms with Crippen LogP contribution in [-0.2, 0) is 11.3 Å². The summed E-state index contributed by atoms with van der Waals surface area (Å²) < 4.78 is 11.3. The number of aromatic nitrogens is 1. The van der Waals surface area contributed by atoms with Crippen LogP contribution in [0.1, 0.15) is 30.5 Å². The summed E-state index contributed by atoms with van der Waals surface area (Å²) in [6.07, 6.45) is 1.75. The number of rotatable bonds is 7. The molecule has 27 heavy (non-hydrogen) atoms. The topological polar surface area (TPSA) is 67.8 Å². The van der Waals surface area contributed by atoms with Crippen molar-refractivity contribution in [3.8, 4) is 11.6 Å². The lowest BCUT2D eigenvalue weighted by Crippen LogP contribution is -2.45. The average molecular weight is 370 g/mol. The number of hydrogen-bond donors (Lipinski definition) is 2. The van der Waals surface area contributed by atoms with Crippen LogP contribution < -0.4 is 15.4 Å². The molecule has 0 unspecified atom stereocenters. The normalized spacial score (nSPS) is 12.0. The molecule has 0 atom stereocenters. The Morgan fingerprint density at radius 1 is 1.11 bits per heavy atom. The number of nitrogens with zero attached hydrogens (tertiary/aromatic N) is 2. The quantitative estimate of drug-likeness (QED) is 0.576. The molecule has 0 spiro atoms. The third-order valence-corrected chi connectivity index (χ3v) is 4.42. The van der Waals surface area contributed by atoms with Crippen LogP contribution in [0.25, 0.3) is 0 Å². The monoisotopic (exact) mass is 370 g/mol. The molecule has 0 radical (unpaired) electrons. The van der Waals surface area contributed by atoms with E-state index in [1.807, 2.05) is 44.2 Å². The highest BCUT2D eigenvalue weighted by atomic mass is 16.5. The predicted octanol–water partition coefficient (Wildman–Crippen LogP) is 3.58. The molecule has 1 aromatic heterocycles. The van der Waals surface area contributed by atoms with Gasteiger partial charge in [-0.05, 0) is 62.6 Å². The fourth-order valence-electron chi connectivity index (χ4n) is 2.29. The number of ether oxygens (including phenoxy) is 2. The first-order valence-electron chi connectivity index (χ1n) is 9.02. The van der Waals surface area contributed by atoms with Crippen molar-refractivity contribution in [3.05, 3.63) is 53.2 Å². The van der Waals surface area contributed by atoms with E-state index >= 15 is 0 Å². The number of guanidine groups is 1. The van der Waals surface area contributed by atoms with Crippen LogP contribution in [-0.4, -0.2) is 37.2 Å². The van der Waals surface area contributed by atoms with Gasteiger partial charge in [-0.25, -0.2) is 4.98 Å². The standard InChI is InChI=1S/C21H30N4O2/c1-15-7-8-18(11-16(15)2)27-19-12-17(9-10-23-19)13-24-20(22-5)25-14-21(3,4)26-6/h7-12H,13-14H2,1-6H3,(H2,22,24,25). The Balaban J connectivity index is 1.95. The third kappa shape index (κ3) is 6.57. The lowest BCUT2D eigenvalue weighted by Gasteiger charge is -2.24. The summed E-state index contributed by atoms with van der Waals surface area (Å²) in [6, 6.07) is 9.90. The highest BCUT2D eigenvalue weighted by Gasteiger charge is 2.16. The minimum Gasteiger partial charge on any atom is -0.439 e. The third-order valence-electron chi connectivity index (χ3n) is 4.42. The van der Waals surface area contributed by atoms with Gasteiger partial charge in [0.25, 0.3) is 0 Å². The van der Waals surface area contributed by atoms with Crippen LogP contribution in [0.4, 0.5) is 0 Å². The molecule has 0 aliphatic rings. The number of aryl methyl sites for hydroxylation is 2. The predicted molar refractivity (Wildman–Crippen MR) is 110 cm³/mol. The molecule has 0 aliphatic carbocycles. The van der Waals surface area contributed by atoms with Crippen molar-refractivity contribution in [2.45, 2.75) is 39.8 Å². The number of benzene rings is 1. The molecule has 0 saturated heterocycles. The maximum absolute atomic E-state index is 5.89. The Morgan fingerprint density at radius 3 is 2.56 bits per heavy atom. The van der Waals surface area contributed by atoms with E-state index in [4.69, 9.17) is 9.47 Å². The molecule has 6 heteroatoms. The van der Waals surface area contributed by atoms with Gasteiger partial charge in [0.1, 0.15) is 5.75 Å². The molecule has 1 aromatic carbocycles. The van der Waals surface area contributed by atoms with Gasteiger partial charge in [-0.2, -0.15) is 0 Å². The molecule has 2 rings (SSSR count). The van der Waals surface area contributed by atoms with Gasteiger partial charge in [0.2, 0.25) is 5.88 Å². The van der Waals surface area contributed by atoms with Crippen molar-refractivity contribution in [1.29, 1.82) is 0 Å². The zero-order valence-corrected chi connectivity index (χ0v) is 17.1. The van der Waals surface area contributed by atoms with Crippen LogP contribution in [0.15, 0.2) is 41.5 Å². The molecule has 1 heterocycles. The van der Waals surface area contributed by atoms with E-state index < -0.39 is 0 Å². The molecule has 2 aromatic rings. The van der Waals surface area contributed by atoms with E-state index in [1.54, 1.807) is 20.4 Å². The second kappa shape index (κ2) is 9.37. The number of hydrogen-bond acceptors (Lipinski definition) is 4. The van der Waals surface area contributed by atoms with Gasteiger partial charge < -0.3 is 20.1 Å². The van der Waals surface area contributed by atoms with Crippen molar-refractivity contribution in [3.63, 3.8) is 0 Å². The van der Waals surface area contributed by atoms with Gasteiger partial charge >= 0.3 is 0 Å². The molecular formula is C21H30N4O2. The van der Waals surface area contributed by atoms with Crippen LogP contribution in [0, 0.1) is 13.8 Å². The summed E-state index contributed by atoms with van der Waals surface area (Å²) in [5.74, 6) is 2.07. The van der Waals surface area contributed by atoms with Crippen molar-refractivity contribution >= 4 is 5.96 Å². The Bertz CT molecular complexity index is 788. The maximum atomic E-state index is 5.89. The molecule has 0 fully saturated rings. The number of pyridine rings is 1. The zero-order chi connectivity index (χ0) is 19.9. The molecular weight excluding hydrogens is 340 g/mol. The van der Waals surface area contributed by atoms with Gasteiger partial charge in [-0.3, -0.25) is 4.99 Å². The molecule has 0 amide bonds. The summed E-state index contributed by atoms with van der Waals surface area (Å²) in [5, 5.41) is 6.55. The van der Waals surface area contributed by atoms with E-state index in [1.165, 1.54) is 11.1 Å². The minimum atomic E-state index is -0.262. The van der Waals surface area contributed by atoms with Gasteiger partial charge in [-0.15, -0.1) is 0 Å². The highest BCUT2D eigenvalue weighted by molar-refractivity contribution is 5.79. The largest absolute Gasteiger partial charge is 0.439 e. The summed E-state index contributed by atoms with van der Waals surface area (Å²) in [6.45, 7) is 9.45. The lowest BCUT2D eigenvalue weighted by atomic mass is 10.1. The molecule has 0 bridgehead atoms. The van der Waals surface area contributed by atoms with Crippen LogP contribution in [0.5, 0.6) is 11.6 Å². The fraction of sp³-hybridized carbons (Fsp3) is 0.429. The first-order chi connectivity index (χ1) is 12.8. The SMILES string of the molecule is CN=C(NCc1ccnc(Oc2ccc(C)c(C)c2)c1)NCC(C)(C)OC. The van der Waals surface area contributed by atoms with E-state index in [0.717, 1.165) is 11.3 Å². The number of nitrogens with one attached hydrogen (secondary N) is 2. The Kier molecular flexibility index (Phi) is 7.19. The van der Waals surface area contributed by atoms with Crippen LogP contribution in [0.2, 0.25) is 0 Å². The van der Waals surface area contributed by atoms with Gasteiger partial charge in [0.15, 0.2) is 5.96 Å². The van der Waals surface area contributed by atoms with E-state index in [2.05, 4.69) is 34.5 Å². The molecule has 146 valence electrons. The van der Waals surface area contributed by atoms with E-state index in [0.29, 0.717) is 24.9 Å². The summed E-state index contributed by atoms with van der Waals surface area (Å²) in [4.78, 5) is 8.54. The first kappa shape index (κ1) is 20.7. The molecule has 0 aliphatic heterocycles. The smallest absolute Gasteiger partial charge is 0.219 e. The highest BCUT2D eigenvalue weighted by Crippen LogP contribution is 2.22. The lowest BCUT2D eigenvalue weighted by molar-refractivity contribution is 0.0268. The van der Waals surface area contributed by atoms with Crippen molar-refractivity contribution in [2.24, 2.45) is 4.99 Å². The number of methoxy groups -OCH3 is 1. The maximum Gasteiger partial charge on any atom is 0.219 e. The second-order valence-electron chi connectivity index (χ2n) is 7.09. The summed E-state index contributed by atoms with van der Waals surface area (Å²) in [5.41, 5.74) is 3.22. The molecule has 6 nitrogen and oxygen atoms in total. The molecule has 0 saturated carbocycles. The van der Waals surface area contributed by atoms with Gasteiger partial charge in [0.05, 0.1) is 5.60 Å². The first-order valence-corrected chi connectivity index (χ1v) is 9.02. The molecule has 2 N–H and O–H groups in total. The van der Waals surface area contributed by atoms with E-state index in [9.17, 15) is 0 Å². The average Bonchev–Trinajstić information content (AvgIpc) is 2.65. The fourth-order valence-corrected chi connectivity index (χ4v) is 2.29. The zero-order valence-electron chi connectivity index (χ0n) is 17.1. The number of aliphatic imine (C=N–C) groups is 1. The van der Waals surface area contributed by atoms with E-state index in [-0.39, 0.29) is 5.60 Å². The van der Waals surface area contributed by atoms with Gasteiger partial charge in [-0.1, -0.05) is 6.07 Å².